The van der Waals surface area contributed by atoms with Gasteiger partial charge < -0.3 is 9.84 Å². The van der Waals surface area contributed by atoms with Gasteiger partial charge in [0.2, 0.25) is 0 Å². The number of aliphatic hydroxyl groups is 1. The van der Waals surface area contributed by atoms with Crippen molar-refractivity contribution in [1.82, 2.24) is 9.13 Å². The maximum atomic E-state index is 13.3. The van der Waals surface area contributed by atoms with Gasteiger partial charge in [0.25, 0.3) is 0 Å². The van der Waals surface area contributed by atoms with E-state index >= 15 is 0 Å². The summed E-state index contributed by atoms with van der Waals surface area (Å²) in [4.78, 5) is 13.2. The van der Waals surface area contributed by atoms with E-state index in [1.807, 2.05) is 0 Å². The summed E-state index contributed by atoms with van der Waals surface area (Å²) in [6, 6.07) is 8.04. The number of aromatic nitrogens is 2. The van der Waals surface area contributed by atoms with Crippen LogP contribution in [0, 0.1) is 0 Å². The van der Waals surface area contributed by atoms with Crippen molar-refractivity contribution in [1.29, 1.82) is 0 Å². The molecule has 9 heteroatoms. The summed E-state index contributed by atoms with van der Waals surface area (Å²) in [6.45, 7) is 2.93. The van der Waals surface area contributed by atoms with Gasteiger partial charge in [0.15, 0.2) is 0 Å². The first kappa shape index (κ1) is 21.3. The number of aliphatic hydroxyl groups excluding tert-OH is 1. The predicted octanol–water partition coefficient (Wildman–Crippen LogP) is 4.26. The molecule has 0 atom stereocenters. The Morgan fingerprint density at radius 3 is 2.38 bits per heavy atom. The number of methoxy groups -OCH3 is 1. The summed E-state index contributed by atoms with van der Waals surface area (Å²) in [5.74, 6) is 0.396. The first-order chi connectivity index (χ1) is 13.5. The van der Waals surface area contributed by atoms with Gasteiger partial charge in [-0.3, -0.25) is 9.13 Å². The monoisotopic (exact) mass is 428 g/mol. The third-order valence-corrected chi connectivity index (χ3v) is 5.12. The molecule has 1 aromatic heterocycles. The molecular formula is C20H20ClF3N2O3. The molecule has 0 radical (unpaired) electrons. The van der Waals surface area contributed by atoms with Crippen LogP contribution in [0.25, 0.3) is 11.0 Å². The van der Waals surface area contributed by atoms with Gasteiger partial charge >= 0.3 is 11.9 Å². The van der Waals surface area contributed by atoms with E-state index in [2.05, 4.69) is 0 Å². The van der Waals surface area contributed by atoms with Crippen LogP contribution in [0.3, 0.4) is 0 Å². The quantitative estimate of drug-likeness (QED) is 0.660. The fourth-order valence-corrected chi connectivity index (χ4v) is 3.42. The van der Waals surface area contributed by atoms with Gasteiger partial charge in [-0.05, 0) is 49.7 Å². The molecule has 0 aliphatic heterocycles. The average Bonchev–Trinajstić information content (AvgIpc) is 2.94. The summed E-state index contributed by atoms with van der Waals surface area (Å²) >= 11 is 6.03. The van der Waals surface area contributed by atoms with Crippen LogP contribution in [0.5, 0.6) is 5.75 Å². The molecular weight excluding hydrogens is 409 g/mol. The van der Waals surface area contributed by atoms with Crippen molar-refractivity contribution in [2.75, 3.05) is 13.7 Å². The van der Waals surface area contributed by atoms with Crippen molar-refractivity contribution in [3.05, 3.63) is 63.0 Å². The van der Waals surface area contributed by atoms with Crippen LogP contribution < -0.4 is 10.4 Å². The summed E-state index contributed by atoms with van der Waals surface area (Å²) in [5.41, 5.74) is -1.31. The predicted molar refractivity (Wildman–Crippen MR) is 105 cm³/mol. The van der Waals surface area contributed by atoms with E-state index in [1.54, 1.807) is 32.0 Å². The highest BCUT2D eigenvalue weighted by atomic mass is 35.5. The first-order valence-corrected chi connectivity index (χ1v) is 9.13. The fraction of sp³-hybridized carbons (Fsp3) is 0.350. The van der Waals surface area contributed by atoms with Crippen LogP contribution in [0.2, 0.25) is 5.02 Å². The van der Waals surface area contributed by atoms with Gasteiger partial charge in [-0.1, -0.05) is 17.7 Å². The summed E-state index contributed by atoms with van der Waals surface area (Å²) in [6.07, 6.45) is -4.55. The number of nitrogens with zero attached hydrogens (tertiary/aromatic N) is 2. The third-order valence-electron chi connectivity index (χ3n) is 4.81. The minimum absolute atomic E-state index is 0.0126. The van der Waals surface area contributed by atoms with Crippen molar-refractivity contribution < 1.29 is 23.0 Å². The lowest BCUT2D eigenvalue weighted by Gasteiger charge is -2.23. The Hall–Kier alpha value is -2.45. The van der Waals surface area contributed by atoms with E-state index in [9.17, 15) is 23.1 Å². The molecule has 1 heterocycles. The molecule has 5 nitrogen and oxygen atoms in total. The Morgan fingerprint density at radius 1 is 1.10 bits per heavy atom. The number of alkyl halides is 3. The van der Waals surface area contributed by atoms with Crippen molar-refractivity contribution in [3.8, 4) is 5.75 Å². The Balaban J connectivity index is 2.27. The van der Waals surface area contributed by atoms with Gasteiger partial charge in [-0.2, -0.15) is 13.2 Å². The maximum Gasteiger partial charge on any atom is 0.416 e. The second kappa shape index (κ2) is 7.42. The molecule has 0 bridgehead atoms. The molecule has 2 aromatic carbocycles. The number of halogens is 4. The average molecular weight is 429 g/mol. The van der Waals surface area contributed by atoms with Crippen LogP contribution >= 0.6 is 11.6 Å². The van der Waals surface area contributed by atoms with E-state index in [0.29, 0.717) is 21.9 Å². The van der Waals surface area contributed by atoms with Crippen LogP contribution in [-0.2, 0) is 18.3 Å². The largest absolute Gasteiger partial charge is 0.495 e. The minimum Gasteiger partial charge on any atom is -0.495 e. The van der Waals surface area contributed by atoms with Crippen molar-refractivity contribution in [2.24, 2.45) is 0 Å². The SMILES string of the molecule is COc1cc(Cn2c(=O)n(C(C)(C)CO)c3ccc(C(F)(F)F)cc32)ccc1Cl. The van der Waals surface area contributed by atoms with E-state index in [4.69, 9.17) is 16.3 Å². The van der Waals surface area contributed by atoms with Crippen LogP contribution in [0.4, 0.5) is 13.2 Å². The molecule has 0 aliphatic rings. The normalized spacial score (nSPS) is 12.6. The van der Waals surface area contributed by atoms with E-state index < -0.39 is 23.0 Å². The summed E-state index contributed by atoms with van der Waals surface area (Å²) < 4.78 is 47.5. The van der Waals surface area contributed by atoms with Gasteiger partial charge in [0.05, 0.1) is 47.4 Å². The number of rotatable bonds is 5. The van der Waals surface area contributed by atoms with Gasteiger partial charge in [-0.25, -0.2) is 4.79 Å². The molecule has 3 aromatic rings. The van der Waals surface area contributed by atoms with Crippen LogP contribution in [-0.4, -0.2) is 28.0 Å². The third kappa shape index (κ3) is 3.86. The second-order valence-corrected chi connectivity index (χ2v) is 7.75. The molecule has 0 saturated heterocycles. The zero-order chi connectivity index (χ0) is 21.6. The number of fused-ring (bicyclic) bond motifs is 1. The van der Waals surface area contributed by atoms with Crippen molar-refractivity contribution >= 4 is 22.6 Å². The Labute approximate surface area is 169 Å². The van der Waals surface area contributed by atoms with Gasteiger partial charge in [0, 0.05) is 0 Å². The Morgan fingerprint density at radius 2 is 1.79 bits per heavy atom. The van der Waals surface area contributed by atoms with Crippen LogP contribution in [0.15, 0.2) is 41.2 Å². The standard InChI is InChI=1S/C20H20ClF3N2O3/c1-19(2,11-27)26-15-7-5-13(20(22,23)24)9-16(15)25(18(26)28)10-12-4-6-14(21)17(8-12)29-3/h4-9,27H,10-11H2,1-3H3. The minimum atomic E-state index is -4.55. The lowest BCUT2D eigenvalue weighted by molar-refractivity contribution is -0.137. The Bertz CT molecular complexity index is 1120. The summed E-state index contributed by atoms with van der Waals surface area (Å²) in [7, 11) is 1.45. The summed E-state index contributed by atoms with van der Waals surface area (Å²) in [5, 5.41) is 10.1. The van der Waals surface area contributed by atoms with E-state index in [-0.39, 0.29) is 18.7 Å². The van der Waals surface area contributed by atoms with Crippen molar-refractivity contribution in [2.45, 2.75) is 32.1 Å². The molecule has 1 N–H and O–H groups in total. The zero-order valence-electron chi connectivity index (χ0n) is 16.0. The number of hydrogen-bond donors (Lipinski definition) is 1. The molecule has 0 fully saturated rings. The number of ether oxygens (including phenoxy) is 1. The van der Waals surface area contributed by atoms with E-state index in [0.717, 1.165) is 12.1 Å². The molecule has 0 saturated carbocycles. The molecule has 0 spiro atoms. The molecule has 3 rings (SSSR count). The van der Waals surface area contributed by atoms with Gasteiger partial charge in [-0.15, -0.1) is 0 Å². The maximum absolute atomic E-state index is 13.3. The van der Waals surface area contributed by atoms with E-state index in [1.165, 1.54) is 22.3 Å². The molecule has 0 amide bonds. The number of imidazole rings is 1. The highest BCUT2D eigenvalue weighted by Gasteiger charge is 2.33. The molecule has 29 heavy (non-hydrogen) atoms. The Kier molecular flexibility index (Phi) is 5.44. The highest BCUT2D eigenvalue weighted by molar-refractivity contribution is 6.32. The van der Waals surface area contributed by atoms with Crippen LogP contribution in [0.1, 0.15) is 25.0 Å². The first-order valence-electron chi connectivity index (χ1n) is 8.76. The second-order valence-electron chi connectivity index (χ2n) is 7.34. The van der Waals surface area contributed by atoms with Crippen molar-refractivity contribution in [3.63, 3.8) is 0 Å². The lowest BCUT2D eigenvalue weighted by Crippen LogP contribution is -2.39. The topological polar surface area (TPSA) is 56.4 Å². The molecule has 0 unspecified atom stereocenters. The fourth-order valence-electron chi connectivity index (χ4n) is 3.23. The zero-order valence-corrected chi connectivity index (χ0v) is 16.8. The number of hydrogen-bond acceptors (Lipinski definition) is 3. The van der Waals surface area contributed by atoms with Gasteiger partial charge in [0.1, 0.15) is 5.75 Å². The number of benzene rings is 2. The smallest absolute Gasteiger partial charge is 0.416 e. The molecule has 0 aliphatic carbocycles. The lowest BCUT2D eigenvalue weighted by atomic mass is 10.1. The highest BCUT2D eigenvalue weighted by Crippen LogP contribution is 2.33. The molecule has 156 valence electrons.